The van der Waals surface area contributed by atoms with Crippen LogP contribution in [0.3, 0.4) is 0 Å². The molecule has 4 heteroatoms. The van der Waals surface area contributed by atoms with Gasteiger partial charge in [-0.1, -0.05) is 0 Å². The second-order valence-electron chi connectivity index (χ2n) is 5.36. The second kappa shape index (κ2) is 6.34. The van der Waals surface area contributed by atoms with Crippen molar-refractivity contribution in [1.29, 1.82) is 0 Å². The van der Waals surface area contributed by atoms with E-state index in [2.05, 4.69) is 29.1 Å². The molecule has 2 rings (SSSR count). The summed E-state index contributed by atoms with van der Waals surface area (Å²) >= 11 is 1.70. The molecule has 1 saturated carbocycles. The van der Waals surface area contributed by atoms with E-state index in [-0.39, 0.29) is 17.9 Å². The van der Waals surface area contributed by atoms with Crippen LogP contribution in [0.1, 0.15) is 38.2 Å². The van der Waals surface area contributed by atoms with Gasteiger partial charge in [-0.25, -0.2) is 0 Å². The summed E-state index contributed by atoms with van der Waals surface area (Å²) in [5.41, 5.74) is 7.16. The van der Waals surface area contributed by atoms with Gasteiger partial charge in [0.2, 0.25) is 5.91 Å². The Bertz CT molecular complexity index is 369. The highest BCUT2D eigenvalue weighted by Crippen LogP contribution is 2.23. The summed E-state index contributed by atoms with van der Waals surface area (Å²) in [6.45, 7) is 2.07. The summed E-state index contributed by atoms with van der Waals surface area (Å²) in [7, 11) is 0. The van der Waals surface area contributed by atoms with Crippen LogP contribution in [0.15, 0.2) is 16.8 Å². The van der Waals surface area contributed by atoms with Crippen molar-refractivity contribution >= 4 is 17.2 Å². The fourth-order valence-electron chi connectivity index (χ4n) is 2.56. The van der Waals surface area contributed by atoms with Crippen molar-refractivity contribution in [2.24, 2.45) is 11.7 Å². The van der Waals surface area contributed by atoms with Gasteiger partial charge in [0.15, 0.2) is 0 Å². The molecule has 3 N–H and O–H groups in total. The molecule has 1 aliphatic rings. The highest BCUT2D eigenvalue weighted by atomic mass is 32.1. The van der Waals surface area contributed by atoms with Crippen molar-refractivity contribution < 1.29 is 4.79 Å². The minimum Gasteiger partial charge on any atom is -0.353 e. The summed E-state index contributed by atoms with van der Waals surface area (Å²) in [5.74, 6) is 0.388. The first-order valence-electron chi connectivity index (χ1n) is 6.72. The predicted molar refractivity (Wildman–Crippen MR) is 75.6 cm³/mol. The fraction of sp³-hybridized carbons (Fsp3) is 0.643. The lowest BCUT2D eigenvalue weighted by Gasteiger charge is -2.26. The summed E-state index contributed by atoms with van der Waals surface area (Å²) in [6.07, 6.45) is 4.77. The summed E-state index contributed by atoms with van der Waals surface area (Å²) in [6, 6.07) is 2.63. The molecule has 0 aromatic carbocycles. The minimum absolute atomic E-state index is 0.176. The second-order valence-corrected chi connectivity index (χ2v) is 6.14. The normalized spacial score (nSPS) is 25.7. The van der Waals surface area contributed by atoms with Crippen molar-refractivity contribution in [3.63, 3.8) is 0 Å². The molecule has 100 valence electrons. The number of rotatable bonds is 4. The first-order valence-corrected chi connectivity index (χ1v) is 7.66. The van der Waals surface area contributed by atoms with Gasteiger partial charge >= 0.3 is 0 Å². The molecule has 1 heterocycles. The Kier molecular flexibility index (Phi) is 4.78. The topological polar surface area (TPSA) is 55.1 Å². The zero-order valence-corrected chi connectivity index (χ0v) is 11.7. The largest absolute Gasteiger partial charge is 0.353 e. The fourth-order valence-corrected chi connectivity index (χ4v) is 3.24. The molecule has 0 bridgehead atoms. The average molecular weight is 266 g/mol. The highest BCUT2D eigenvalue weighted by Gasteiger charge is 2.25. The van der Waals surface area contributed by atoms with Crippen molar-refractivity contribution in [3.05, 3.63) is 22.4 Å². The van der Waals surface area contributed by atoms with Gasteiger partial charge in [-0.3, -0.25) is 4.79 Å². The van der Waals surface area contributed by atoms with Crippen LogP contribution in [0, 0.1) is 5.92 Å². The van der Waals surface area contributed by atoms with Crippen LogP contribution in [0.5, 0.6) is 0 Å². The van der Waals surface area contributed by atoms with E-state index in [0.717, 1.165) is 32.1 Å². The molecule has 1 unspecified atom stereocenters. The van der Waals surface area contributed by atoms with Crippen LogP contribution in [0.2, 0.25) is 0 Å². The van der Waals surface area contributed by atoms with E-state index < -0.39 is 0 Å². The van der Waals surface area contributed by atoms with Gasteiger partial charge in [0.25, 0.3) is 0 Å². The van der Waals surface area contributed by atoms with E-state index >= 15 is 0 Å². The molecule has 1 fully saturated rings. The van der Waals surface area contributed by atoms with Gasteiger partial charge in [-0.2, -0.15) is 11.3 Å². The van der Waals surface area contributed by atoms with E-state index in [1.807, 2.05) is 0 Å². The third-order valence-electron chi connectivity index (χ3n) is 3.65. The van der Waals surface area contributed by atoms with Crippen molar-refractivity contribution in [2.45, 2.75) is 51.1 Å². The summed E-state index contributed by atoms with van der Waals surface area (Å²) in [5, 5.41) is 7.34. The van der Waals surface area contributed by atoms with Gasteiger partial charge in [0.05, 0.1) is 0 Å². The number of hydrogen-bond acceptors (Lipinski definition) is 3. The Morgan fingerprint density at radius 1 is 1.50 bits per heavy atom. The predicted octanol–water partition coefficient (Wildman–Crippen LogP) is 2.31. The van der Waals surface area contributed by atoms with Crippen LogP contribution in [0.25, 0.3) is 0 Å². The quantitative estimate of drug-likeness (QED) is 0.878. The van der Waals surface area contributed by atoms with E-state index in [1.165, 1.54) is 5.56 Å². The van der Waals surface area contributed by atoms with Crippen LogP contribution < -0.4 is 11.1 Å². The lowest BCUT2D eigenvalue weighted by Crippen LogP contribution is -2.41. The molecule has 3 nitrogen and oxygen atoms in total. The molecule has 1 amide bonds. The maximum atomic E-state index is 12.1. The highest BCUT2D eigenvalue weighted by molar-refractivity contribution is 7.07. The van der Waals surface area contributed by atoms with Gasteiger partial charge in [0.1, 0.15) is 0 Å². The van der Waals surface area contributed by atoms with Crippen LogP contribution in [0.4, 0.5) is 0 Å². The van der Waals surface area contributed by atoms with Crippen LogP contribution in [-0.2, 0) is 11.2 Å². The molecule has 1 aliphatic carbocycles. The molecule has 1 atom stereocenters. The standard InChI is InChI=1S/C14H22N2OS/c1-10(8-11-6-7-18-9-11)16-14(17)12-2-4-13(15)5-3-12/h6-7,9-10,12-13H,2-5,8,15H2,1H3,(H,16,17). The molecular formula is C14H22N2OS. The Hall–Kier alpha value is -0.870. The van der Waals surface area contributed by atoms with Gasteiger partial charge in [-0.05, 0) is 61.4 Å². The average Bonchev–Trinajstić information content (AvgIpc) is 2.82. The molecule has 18 heavy (non-hydrogen) atoms. The number of hydrogen-bond donors (Lipinski definition) is 2. The molecule has 0 spiro atoms. The number of nitrogens with two attached hydrogens (primary N) is 1. The lowest BCUT2D eigenvalue weighted by molar-refractivity contribution is -0.126. The Labute approximate surface area is 113 Å². The van der Waals surface area contributed by atoms with Crippen molar-refractivity contribution in [3.8, 4) is 0 Å². The number of amides is 1. The van der Waals surface area contributed by atoms with Crippen LogP contribution in [-0.4, -0.2) is 18.0 Å². The maximum Gasteiger partial charge on any atom is 0.223 e. The van der Waals surface area contributed by atoms with Crippen molar-refractivity contribution in [2.75, 3.05) is 0 Å². The molecule has 1 aromatic heterocycles. The molecule has 0 radical (unpaired) electrons. The number of nitrogens with one attached hydrogen (secondary N) is 1. The first-order chi connectivity index (χ1) is 8.65. The molecular weight excluding hydrogens is 244 g/mol. The molecule has 0 saturated heterocycles. The van der Waals surface area contributed by atoms with E-state index in [1.54, 1.807) is 11.3 Å². The lowest BCUT2D eigenvalue weighted by atomic mass is 9.86. The Balaban J connectivity index is 1.76. The third-order valence-corrected chi connectivity index (χ3v) is 4.39. The minimum atomic E-state index is 0.176. The number of thiophene rings is 1. The summed E-state index contributed by atoms with van der Waals surface area (Å²) in [4.78, 5) is 12.1. The zero-order chi connectivity index (χ0) is 13.0. The smallest absolute Gasteiger partial charge is 0.223 e. The van der Waals surface area contributed by atoms with Gasteiger partial charge in [0, 0.05) is 18.0 Å². The van der Waals surface area contributed by atoms with E-state index in [0.29, 0.717) is 6.04 Å². The first kappa shape index (κ1) is 13.6. The van der Waals surface area contributed by atoms with E-state index in [9.17, 15) is 4.79 Å². The number of carbonyl (C=O) groups excluding carboxylic acids is 1. The molecule has 0 aliphatic heterocycles. The Morgan fingerprint density at radius 3 is 2.83 bits per heavy atom. The van der Waals surface area contributed by atoms with Gasteiger partial charge < -0.3 is 11.1 Å². The monoisotopic (exact) mass is 266 g/mol. The van der Waals surface area contributed by atoms with Crippen LogP contribution >= 0.6 is 11.3 Å². The SMILES string of the molecule is CC(Cc1ccsc1)NC(=O)C1CCC(N)CC1. The summed E-state index contributed by atoms with van der Waals surface area (Å²) < 4.78 is 0. The van der Waals surface area contributed by atoms with Crippen molar-refractivity contribution in [1.82, 2.24) is 5.32 Å². The van der Waals surface area contributed by atoms with Gasteiger partial charge in [-0.15, -0.1) is 0 Å². The molecule has 1 aromatic rings. The van der Waals surface area contributed by atoms with E-state index in [4.69, 9.17) is 5.73 Å². The Morgan fingerprint density at radius 2 is 2.22 bits per heavy atom. The number of carbonyl (C=O) groups is 1. The zero-order valence-electron chi connectivity index (χ0n) is 10.9. The maximum absolute atomic E-state index is 12.1. The third kappa shape index (κ3) is 3.82.